The number of rotatable bonds is 4. The number of carboxylic acid groups (broad SMARTS) is 1. The maximum atomic E-state index is 11.1. The molecule has 0 atom stereocenters. The summed E-state index contributed by atoms with van der Waals surface area (Å²) in [5.41, 5.74) is 3.04. The van der Waals surface area contributed by atoms with Gasteiger partial charge in [0, 0.05) is 25.7 Å². The Balaban J connectivity index is 1.88. The van der Waals surface area contributed by atoms with Crippen molar-refractivity contribution in [3.05, 3.63) is 66.5 Å². The summed E-state index contributed by atoms with van der Waals surface area (Å²) in [7, 11) is 3.82. The van der Waals surface area contributed by atoms with Gasteiger partial charge in [-0.2, -0.15) is 10.1 Å². The second kappa shape index (κ2) is 6.53. The Morgan fingerprint density at radius 3 is 2.48 bits per heavy atom. The maximum absolute atomic E-state index is 11.1. The van der Waals surface area contributed by atoms with Crippen LogP contribution in [0.15, 0.2) is 60.9 Å². The van der Waals surface area contributed by atoms with Crippen LogP contribution >= 0.6 is 0 Å². The molecule has 0 aliphatic rings. The molecule has 1 N–H and O–H groups in total. The van der Waals surface area contributed by atoms with E-state index in [0.717, 1.165) is 27.8 Å². The third kappa shape index (κ3) is 3.10. The van der Waals surface area contributed by atoms with E-state index < -0.39 is 5.97 Å². The van der Waals surface area contributed by atoms with Crippen molar-refractivity contribution in [3.63, 3.8) is 0 Å². The van der Waals surface area contributed by atoms with Gasteiger partial charge < -0.3 is 10.0 Å². The number of carbonyl (C=O) groups is 1. The topological polar surface area (TPSA) is 84.1 Å². The minimum Gasteiger partial charge on any atom is -0.478 e. The maximum Gasteiger partial charge on any atom is 0.338 e. The lowest BCUT2D eigenvalue weighted by Gasteiger charge is -2.16. The van der Waals surface area contributed by atoms with E-state index in [4.69, 9.17) is 5.11 Å². The molecule has 0 fully saturated rings. The lowest BCUT2D eigenvalue weighted by molar-refractivity contribution is 0.0697. The summed E-state index contributed by atoms with van der Waals surface area (Å²) in [6.45, 7) is 0. The average molecular weight is 359 g/mol. The zero-order valence-electron chi connectivity index (χ0n) is 14.9. The molecule has 2 heterocycles. The van der Waals surface area contributed by atoms with Gasteiger partial charge in [-0.05, 0) is 23.3 Å². The predicted molar refractivity (Wildman–Crippen MR) is 103 cm³/mol. The first-order valence-corrected chi connectivity index (χ1v) is 8.36. The van der Waals surface area contributed by atoms with E-state index in [1.807, 2.05) is 49.3 Å². The van der Waals surface area contributed by atoms with Crippen molar-refractivity contribution in [2.45, 2.75) is 0 Å². The number of hydrogen-bond acceptors (Lipinski definition) is 5. The van der Waals surface area contributed by atoms with Crippen LogP contribution in [0.25, 0.3) is 28.0 Å². The molecule has 0 unspecified atom stereocenters. The lowest BCUT2D eigenvalue weighted by Crippen LogP contribution is -2.14. The molecule has 0 aliphatic heterocycles. The first-order chi connectivity index (χ1) is 13.0. The van der Waals surface area contributed by atoms with Crippen molar-refractivity contribution in [1.29, 1.82) is 0 Å². The van der Waals surface area contributed by atoms with Gasteiger partial charge in [-0.15, -0.1) is 0 Å². The molecule has 0 radical (unpaired) electrons. The Morgan fingerprint density at radius 2 is 1.81 bits per heavy atom. The fourth-order valence-electron chi connectivity index (χ4n) is 2.90. The van der Waals surface area contributed by atoms with Crippen molar-refractivity contribution in [2.24, 2.45) is 0 Å². The lowest BCUT2D eigenvalue weighted by atomic mass is 10.0. The highest BCUT2D eigenvalue weighted by molar-refractivity contribution is 5.93. The Bertz CT molecular complexity index is 1140. The van der Waals surface area contributed by atoms with Crippen molar-refractivity contribution in [1.82, 2.24) is 19.7 Å². The summed E-state index contributed by atoms with van der Waals surface area (Å²) in [6.07, 6.45) is 2.69. The third-order valence-corrected chi connectivity index (χ3v) is 4.23. The molecule has 7 heteroatoms. The van der Waals surface area contributed by atoms with E-state index in [-0.39, 0.29) is 5.56 Å². The number of nitrogens with zero attached hydrogens (tertiary/aromatic N) is 5. The van der Waals surface area contributed by atoms with E-state index in [2.05, 4.69) is 33.3 Å². The van der Waals surface area contributed by atoms with Gasteiger partial charge in [0.05, 0.1) is 17.3 Å². The minimum atomic E-state index is -1.04. The van der Waals surface area contributed by atoms with Crippen LogP contribution in [0.3, 0.4) is 0 Å². The van der Waals surface area contributed by atoms with Crippen LogP contribution in [0.4, 0.5) is 5.82 Å². The van der Waals surface area contributed by atoms with Gasteiger partial charge in [-0.25, -0.2) is 14.5 Å². The van der Waals surface area contributed by atoms with Crippen molar-refractivity contribution >= 4 is 22.7 Å². The molecule has 0 bridgehead atoms. The molecular weight excluding hydrogens is 342 g/mol. The molecule has 0 spiro atoms. The molecule has 4 rings (SSSR count). The monoisotopic (exact) mass is 359 g/mol. The Kier molecular flexibility index (Phi) is 4.04. The molecule has 0 aliphatic carbocycles. The molecule has 2 aromatic carbocycles. The fourth-order valence-corrected chi connectivity index (χ4v) is 2.90. The van der Waals surface area contributed by atoms with Gasteiger partial charge in [0.25, 0.3) is 5.95 Å². The van der Waals surface area contributed by atoms with Gasteiger partial charge in [0.1, 0.15) is 5.82 Å². The van der Waals surface area contributed by atoms with Crippen LogP contribution in [0.2, 0.25) is 0 Å². The van der Waals surface area contributed by atoms with Crippen molar-refractivity contribution < 1.29 is 9.90 Å². The first-order valence-electron chi connectivity index (χ1n) is 8.36. The van der Waals surface area contributed by atoms with Gasteiger partial charge in [-0.3, -0.25) is 0 Å². The number of fused-ring (bicyclic) bond motifs is 1. The fraction of sp³-hybridized carbons (Fsp3) is 0.100. The van der Waals surface area contributed by atoms with Crippen LogP contribution in [-0.4, -0.2) is 44.9 Å². The van der Waals surface area contributed by atoms with Gasteiger partial charge in [-0.1, -0.05) is 36.4 Å². The minimum absolute atomic E-state index is 0.0875. The predicted octanol–water partition coefficient (Wildman–Crippen LogP) is 3.25. The molecule has 0 saturated heterocycles. The summed E-state index contributed by atoms with van der Waals surface area (Å²) in [6, 6.07) is 16.1. The first kappa shape index (κ1) is 16.7. The van der Waals surface area contributed by atoms with E-state index >= 15 is 0 Å². The van der Waals surface area contributed by atoms with Crippen LogP contribution in [0.5, 0.6) is 0 Å². The van der Waals surface area contributed by atoms with E-state index in [9.17, 15) is 4.79 Å². The second-order valence-corrected chi connectivity index (χ2v) is 6.32. The van der Waals surface area contributed by atoms with Crippen LogP contribution < -0.4 is 4.90 Å². The molecule has 0 saturated carbocycles. The SMILES string of the molecule is CN(C)c1nc(-n2cc(C(=O)O)cn2)nc2ccc(-c3ccccc3)cc12. The Morgan fingerprint density at radius 1 is 1.04 bits per heavy atom. The number of carboxylic acids is 1. The Hall–Kier alpha value is -3.74. The van der Waals surface area contributed by atoms with Gasteiger partial charge >= 0.3 is 5.97 Å². The van der Waals surface area contributed by atoms with Crippen molar-refractivity contribution in [2.75, 3.05) is 19.0 Å². The van der Waals surface area contributed by atoms with Crippen LogP contribution in [-0.2, 0) is 0 Å². The quantitative estimate of drug-likeness (QED) is 0.602. The summed E-state index contributed by atoms with van der Waals surface area (Å²) in [4.78, 5) is 22.2. The summed E-state index contributed by atoms with van der Waals surface area (Å²) < 4.78 is 1.38. The summed E-state index contributed by atoms with van der Waals surface area (Å²) in [5, 5.41) is 14.1. The van der Waals surface area contributed by atoms with E-state index in [1.54, 1.807) is 0 Å². The average Bonchev–Trinajstić information content (AvgIpc) is 3.18. The number of anilines is 1. The third-order valence-electron chi connectivity index (χ3n) is 4.23. The van der Waals surface area contributed by atoms with Crippen LogP contribution in [0.1, 0.15) is 10.4 Å². The van der Waals surface area contributed by atoms with E-state index in [1.165, 1.54) is 17.1 Å². The molecule has 0 amide bonds. The molecule has 4 aromatic rings. The molecule has 134 valence electrons. The standard InChI is InChI=1S/C20H17N5O2/c1-24(2)18-16-10-14(13-6-4-3-5-7-13)8-9-17(16)22-20(23-18)25-12-15(11-21-25)19(26)27/h3-12H,1-2H3,(H,26,27). The summed E-state index contributed by atoms with van der Waals surface area (Å²) in [5.74, 6) is 0.0219. The van der Waals surface area contributed by atoms with Gasteiger partial charge in [0.2, 0.25) is 0 Å². The number of aromatic nitrogens is 4. The zero-order chi connectivity index (χ0) is 19.0. The Labute approximate surface area is 155 Å². The molecular formula is C20H17N5O2. The highest BCUT2D eigenvalue weighted by atomic mass is 16.4. The molecule has 7 nitrogen and oxygen atoms in total. The number of benzene rings is 2. The van der Waals surface area contributed by atoms with Gasteiger partial charge in [0.15, 0.2) is 0 Å². The second-order valence-electron chi connectivity index (χ2n) is 6.32. The van der Waals surface area contributed by atoms with Crippen LogP contribution in [0, 0.1) is 0 Å². The van der Waals surface area contributed by atoms with Crippen molar-refractivity contribution in [3.8, 4) is 17.1 Å². The highest BCUT2D eigenvalue weighted by Crippen LogP contribution is 2.29. The highest BCUT2D eigenvalue weighted by Gasteiger charge is 2.14. The molecule has 27 heavy (non-hydrogen) atoms. The number of hydrogen-bond donors (Lipinski definition) is 1. The molecule has 2 aromatic heterocycles. The normalized spacial score (nSPS) is 10.9. The summed E-state index contributed by atoms with van der Waals surface area (Å²) >= 11 is 0. The smallest absolute Gasteiger partial charge is 0.338 e. The zero-order valence-corrected chi connectivity index (χ0v) is 14.9. The largest absolute Gasteiger partial charge is 0.478 e. The van der Waals surface area contributed by atoms with E-state index in [0.29, 0.717) is 5.95 Å². The number of aromatic carboxylic acids is 1.